The number of pyridine rings is 1. The van der Waals surface area contributed by atoms with E-state index in [1.165, 1.54) is 29.8 Å². The number of anilines is 1. The fourth-order valence-electron chi connectivity index (χ4n) is 2.67. The van der Waals surface area contributed by atoms with E-state index in [4.69, 9.17) is 4.74 Å². The van der Waals surface area contributed by atoms with Crippen molar-refractivity contribution < 1.29 is 13.3 Å². The van der Waals surface area contributed by atoms with E-state index in [1.807, 2.05) is 18.3 Å². The van der Waals surface area contributed by atoms with Gasteiger partial charge in [0.1, 0.15) is 11.6 Å². The molecule has 0 spiro atoms. The molecule has 0 saturated carbocycles. The van der Waals surface area contributed by atoms with E-state index in [1.54, 1.807) is 23.1 Å². The number of fused-ring (bicyclic) bond motifs is 1. The van der Waals surface area contributed by atoms with Crippen LogP contribution in [0.4, 0.5) is 10.2 Å². The van der Waals surface area contributed by atoms with E-state index >= 15 is 0 Å². The van der Waals surface area contributed by atoms with Crippen LogP contribution in [-0.4, -0.2) is 35.9 Å². The Balaban J connectivity index is 1.68. The molecule has 4 rings (SSSR count). The lowest BCUT2D eigenvalue weighted by molar-refractivity contribution is 0.416. The van der Waals surface area contributed by atoms with Gasteiger partial charge in [-0.25, -0.2) is 13.1 Å². The Bertz CT molecular complexity index is 1110. The standard InChI is InChI=1S/C17H15FN6O2S/c1-26-14-9-12(10-23-8-4-7-19-23)11-24-16(14)17(20-22-24)21-27(25)15-6-3-2-5-13(15)18/h2-9,11,21H,10H2,1H3. The van der Waals surface area contributed by atoms with Gasteiger partial charge >= 0.3 is 0 Å². The predicted molar refractivity (Wildman–Crippen MR) is 97.3 cm³/mol. The molecule has 10 heteroatoms. The average Bonchev–Trinajstić information content (AvgIpc) is 3.31. The molecule has 0 saturated heterocycles. The van der Waals surface area contributed by atoms with Crippen LogP contribution >= 0.6 is 0 Å². The zero-order chi connectivity index (χ0) is 18.8. The highest BCUT2D eigenvalue weighted by molar-refractivity contribution is 7.86. The van der Waals surface area contributed by atoms with E-state index in [0.29, 0.717) is 17.8 Å². The number of benzene rings is 1. The minimum Gasteiger partial charge on any atom is -0.494 e. The number of nitrogens with zero attached hydrogens (tertiary/aromatic N) is 5. The summed E-state index contributed by atoms with van der Waals surface area (Å²) in [6.07, 6.45) is 5.33. The number of methoxy groups -OCH3 is 1. The first kappa shape index (κ1) is 17.2. The fraction of sp³-hybridized carbons (Fsp3) is 0.118. The molecule has 0 aliphatic carbocycles. The van der Waals surface area contributed by atoms with Crippen molar-refractivity contribution in [3.63, 3.8) is 0 Å². The first-order valence-electron chi connectivity index (χ1n) is 7.98. The first-order chi connectivity index (χ1) is 13.2. The second-order valence-corrected chi connectivity index (χ2v) is 6.83. The summed E-state index contributed by atoms with van der Waals surface area (Å²) >= 11 is 0. The van der Waals surface area contributed by atoms with Gasteiger partial charge in [-0.2, -0.15) is 5.10 Å². The van der Waals surface area contributed by atoms with Gasteiger partial charge in [-0.15, -0.1) is 5.10 Å². The molecule has 1 atom stereocenters. The zero-order valence-electron chi connectivity index (χ0n) is 14.2. The molecule has 138 valence electrons. The summed E-state index contributed by atoms with van der Waals surface area (Å²) in [6.45, 7) is 0.531. The number of hydrogen-bond acceptors (Lipinski definition) is 5. The lowest BCUT2D eigenvalue weighted by Crippen LogP contribution is -2.08. The van der Waals surface area contributed by atoms with Crippen LogP contribution in [0, 0.1) is 5.82 Å². The number of aromatic nitrogens is 5. The predicted octanol–water partition coefficient (Wildman–Crippen LogP) is 2.26. The molecule has 0 fully saturated rings. The summed E-state index contributed by atoms with van der Waals surface area (Å²) in [4.78, 5) is 0.0351. The maximum Gasteiger partial charge on any atom is 0.192 e. The van der Waals surface area contributed by atoms with Crippen LogP contribution in [0.25, 0.3) is 5.52 Å². The molecule has 4 aromatic rings. The van der Waals surface area contributed by atoms with Gasteiger partial charge < -0.3 is 4.74 Å². The number of nitrogens with one attached hydrogen (secondary N) is 1. The third-order valence-electron chi connectivity index (χ3n) is 3.88. The van der Waals surface area contributed by atoms with Crippen molar-refractivity contribution in [1.29, 1.82) is 0 Å². The van der Waals surface area contributed by atoms with E-state index < -0.39 is 16.8 Å². The zero-order valence-corrected chi connectivity index (χ0v) is 15.1. The van der Waals surface area contributed by atoms with E-state index in [2.05, 4.69) is 20.1 Å². The molecule has 0 bridgehead atoms. The van der Waals surface area contributed by atoms with E-state index in [-0.39, 0.29) is 10.7 Å². The Morgan fingerprint density at radius 3 is 2.89 bits per heavy atom. The number of hydrogen-bond donors (Lipinski definition) is 1. The summed E-state index contributed by atoms with van der Waals surface area (Å²) in [5.74, 6) is 0.171. The molecular weight excluding hydrogens is 371 g/mol. The van der Waals surface area contributed by atoms with Gasteiger partial charge in [0.25, 0.3) is 0 Å². The second kappa shape index (κ2) is 7.16. The van der Waals surface area contributed by atoms with Gasteiger partial charge in [0.15, 0.2) is 22.3 Å². The smallest absolute Gasteiger partial charge is 0.192 e. The number of rotatable bonds is 6. The van der Waals surface area contributed by atoms with Gasteiger partial charge in [0.2, 0.25) is 0 Å². The van der Waals surface area contributed by atoms with Crippen molar-refractivity contribution in [2.24, 2.45) is 0 Å². The van der Waals surface area contributed by atoms with Crippen molar-refractivity contribution in [3.8, 4) is 5.75 Å². The van der Waals surface area contributed by atoms with E-state index in [9.17, 15) is 8.60 Å². The topological polar surface area (TPSA) is 86.3 Å². The van der Waals surface area contributed by atoms with Crippen molar-refractivity contribution >= 4 is 22.3 Å². The normalized spacial score (nSPS) is 12.2. The van der Waals surface area contributed by atoms with Gasteiger partial charge in [-0.3, -0.25) is 9.40 Å². The van der Waals surface area contributed by atoms with Crippen LogP contribution in [0.2, 0.25) is 0 Å². The molecule has 0 radical (unpaired) electrons. The molecule has 0 aliphatic heterocycles. The molecule has 1 N–H and O–H groups in total. The minimum absolute atomic E-state index is 0.0351. The first-order valence-corrected chi connectivity index (χ1v) is 9.13. The molecule has 0 aliphatic rings. The van der Waals surface area contributed by atoms with Crippen LogP contribution in [-0.2, 0) is 17.5 Å². The Labute approximate surface area is 156 Å². The Kier molecular flexibility index (Phi) is 4.55. The van der Waals surface area contributed by atoms with Crippen LogP contribution in [0.5, 0.6) is 5.75 Å². The summed E-state index contributed by atoms with van der Waals surface area (Å²) in [5, 5.41) is 12.2. The molecule has 1 aromatic carbocycles. The third kappa shape index (κ3) is 3.38. The summed E-state index contributed by atoms with van der Waals surface area (Å²) in [6, 6.07) is 9.52. The fourth-order valence-corrected chi connectivity index (χ4v) is 3.54. The third-order valence-corrected chi connectivity index (χ3v) is 4.99. The van der Waals surface area contributed by atoms with Gasteiger partial charge in [0.05, 0.1) is 18.6 Å². The molecule has 1 unspecified atom stereocenters. The Hall–Kier alpha value is -3.27. The van der Waals surface area contributed by atoms with Crippen LogP contribution < -0.4 is 9.46 Å². The van der Waals surface area contributed by atoms with Crippen LogP contribution in [0.1, 0.15) is 5.56 Å². The highest BCUT2D eigenvalue weighted by Gasteiger charge is 2.17. The highest BCUT2D eigenvalue weighted by atomic mass is 32.2. The average molecular weight is 386 g/mol. The molecule has 27 heavy (non-hydrogen) atoms. The van der Waals surface area contributed by atoms with E-state index in [0.717, 1.165) is 5.56 Å². The van der Waals surface area contributed by atoms with Crippen molar-refractivity contribution in [2.45, 2.75) is 11.4 Å². The Morgan fingerprint density at radius 1 is 1.30 bits per heavy atom. The van der Waals surface area contributed by atoms with Crippen LogP contribution in [0.3, 0.4) is 0 Å². The number of halogens is 1. The summed E-state index contributed by atoms with van der Waals surface area (Å²) in [7, 11) is -0.307. The molecule has 8 nitrogen and oxygen atoms in total. The largest absolute Gasteiger partial charge is 0.494 e. The maximum absolute atomic E-state index is 13.9. The Morgan fingerprint density at radius 2 is 2.15 bits per heavy atom. The van der Waals surface area contributed by atoms with Crippen LogP contribution in [0.15, 0.2) is 59.9 Å². The van der Waals surface area contributed by atoms with Gasteiger partial charge in [-0.1, -0.05) is 17.3 Å². The van der Waals surface area contributed by atoms with Crippen molar-refractivity contribution in [2.75, 3.05) is 11.8 Å². The lowest BCUT2D eigenvalue weighted by atomic mass is 10.2. The molecule has 3 heterocycles. The summed E-state index contributed by atoms with van der Waals surface area (Å²) < 4.78 is 37.8. The number of ether oxygens (including phenoxy) is 1. The molecular formula is C17H15FN6O2S. The summed E-state index contributed by atoms with van der Waals surface area (Å²) in [5.41, 5.74) is 1.40. The second-order valence-electron chi connectivity index (χ2n) is 5.65. The van der Waals surface area contributed by atoms with Crippen molar-refractivity contribution in [3.05, 3.63) is 66.4 Å². The lowest BCUT2D eigenvalue weighted by Gasteiger charge is -2.09. The SMILES string of the molecule is COc1cc(Cn2cccn2)cn2nnc(NS(=O)c3ccccc3F)c12. The molecule has 0 amide bonds. The minimum atomic E-state index is -1.83. The highest BCUT2D eigenvalue weighted by Crippen LogP contribution is 2.28. The monoisotopic (exact) mass is 386 g/mol. The molecule has 3 aromatic heterocycles. The quantitative estimate of drug-likeness (QED) is 0.549. The van der Waals surface area contributed by atoms with Gasteiger partial charge in [-0.05, 0) is 29.8 Å². The van der Waals surface area contributed by atoms with Crippen molar-refractivity contribution in [1.82, 2.24) is 24.6 Å². The van der Waals surface area contributed by atoms with Gasteiger partial charge in [0, 0.05) is 18.6 Å². The maximum atomic E-state index is 13.9.